The van der Waals surface area contributed by atoms with E-state index < -0.39 is 0 Å². The Labute approximate surface area is 82.8 Å². The van der Waals surface area contributed by atoms with Crippen molar-refractivity contribution in [3.05, 3.63) is 23.9 Å². The summed E-state index contributed by atoms with van der Waals surface area (Å²) in [5, 5.41) is 0.939. The van der Waals surface area contributed by atoms with Gasteiger partial charge in [-0.1, -0.05) is 13.0 Å². The number of carbonyl (C=O) groups is 1. The van der Waals surface area contributed by atoms with Crippen molar-refractivity contribution < 1.29 is 4.79 Å². The van der Waals surface area contributed by atoms with Crippen molar-refractivity contribution in [1.29, 1.82) is 0 Å². The van der Waals surface area contributed by atoms with Crippen molar-refractivity contribution in [2.45, 2.75) is 25.3 Å². The smallest absolute Gasteiger partial charge is 0.178 e. The van der Waals surface area contributed by atoms with Crippen LogP contribution < -0.4 is 0 Å². The van der Waals surface area contributed by atoms with Gasteiger partial charge in [-0.05, 0) is 24.3 Å². The highest BCUT2D eigenvalue weighted by molar-refractivity contribution is 7.99. The summed E-state index contributed by atoms with van der Waals surface area (Å²) in [5.74, 6) is 1.08. The van der Waals surface area contributed by atoms with E-state index in [0.717, 1.165) is 17.2 Å². The zero-order chi connectivity index (χ0) is 9.68. The Morgan fingerprint density at radius 3 is 2.92 bits per heavy atom. The minimum Gasteiger partial charge on any atom is -0.293 e. The molecule has 0 saturated heterocycles. The zero-order valence-electron chi connectivity index (χ0n) is 7.91. The Kier molecular flexibility index (Phi) is 3.96. The van der Waals surface area contributed by atoms with Gasteiger partial charge in [-0.3, -0.25) is 4.79 Å². The van der Waals surface area contributed by atoms with Crippen molar-refractivity contribution in [1.82, 2.24) is 4.98 Å². The number of hydrogen-bond acceptors (Lipinski definition) is 3. The van der Waals surface area contributed by atoms with Crippen LogP contribution in [0.5, 0.6) is 0 Å². The van der Waals surface area contributed by atoms with Gasteiger partial charge >= 0.3 is 0 Å². The molecule has 0 bridgehead atoms. The molecule has 1 aromatic heterocycles. The molecule has 13 heavy (non-hydrogen) atoms. The Morgan fingerprint density at radius 2 is 2.31 bits per heavy atom. The van der Waals surface area contributed by atoms with E-state index in [2.05, 4.69) is 11.9 Å². The first-order valence-corrected chi connectivity index (χ1v) is 5.33. The average Bonchev–Trinajstić information content (AvgIpc) is 2.15. The Morgan fingerprint density at radius 1 is 1.54 bits per heavy atom. The number of rotatable bonds is 4. The van der Waals surface area contributed by atoms with E-state index in [-0.39, 0.29) is 5.78 Å². The standard InChI is InChI=1S/C10H13NOS/c1-3-7-13-10-6-4-5-9(11-10)8(2)12/h4-6H,3,7H2,1-2H3. The van der Waals surface area contributed by atoms with Gasteiger partial charge in [-0.15, -0.1) is 11.8 Å². The third-order valence-electron chi connectivity index (χ3n) is 1.54. The topological polar surface area (TPSA) is 30.0 Å². The third-order valence-corrected chi connectivity index (χ3v) is 2.67. The SMILES string of the molecule is CCCSc1cccc(C(C)=O)n1. The highest BCUT2D eigenvalue weighted by Crippen LogP contribution is 2.16. The quantitative estimate of drug-likeness (QED) is 0.546. The first kappa shape index (κ1) is 10.3. The second-order valence-corrected chi connectivity index (χ2v) is 3.88. The van der Waals surface area contributed by atoms with Crippen LogP contribution in [0, 0.1) is 0 Å². The van der Waals surface area contributed by atoms with Gasteiger partial charge in [0.1, 0.15) is 5.69 Å². The summed E-state index contributed by atoms with van der Waals surface area (Å²) < 4.78 is 0. The molecular formula is C10H13NOS. The maximum Gasteiger partial charge on any atom is 0.178 e. The molecule has 70 valence electrons. The molecular weight excluding hydrogens is 182 g/mol. The lowest BCUT2D eigenvalue weighted by Crippen LogP contribution is -1.96. The molecule has 0 amide bonds. The summed E-state index contributed by atoms with van der Waals surface area (Å²) >= 11 is 1.69. The normalized spacial score (nSPS) is 10.0. The number of thioether (sulfide) groups is 1. The number of Topliss-reactive ketones (excluding diaryl/α,β-unsaturated/α-hetero) is 1. The highest BCUT2D eigenvalue weighted by Gasteiger charge is 2.01. The molecule has 0 unspecified atom stereocenters. The van der Waals surface area contributed by atoms with Crippen molar-refractivity contribution >= 4 is 17.5 Å². The Bertz CT molecular complexity index is 299. The van der Waals surface area contributed by atoms with Crippen LogP contribution in [-0.4, -0.2) is 16.5 Å². The lowest BCUT2D eigenvalue weighted by atomic mass is 10.3. The Hall–Kier alpha value is -0.830. The molecule has 3 heteroatoms. The number of pyridine rings is 1. The molecule has 0 aromatic carbocycles. The summed E-state index contributed by atoms with van der Waals surface area (Å²) in [6.45, 7) is 3.67. The predicted molar refractivity (Wildman–Crippen MR) is 55.3 cm³/mol. The van der Waals surface area contributed by atoms with E-state index in [9.17, 15) is 4.79 Å². The number of nitrogens with zero attached hydrogens (tertiary/aromatic N) is 1. The summed E-state index contributed by atoms with van der Waals surface area (Å²) in [5.41, 5.74) is 0.557. The van der Waals surface area contributed by atoms with Gasteiger partial charge in [-0.2, -0.15) is 0 Å². The summed E-state index contributed by atoms with van der Waals surface area (Å²) in [6.07, 6.45) is 1.12. The van der Waals surface area contributed by atoms with E-state index in [1.165, 1.54) is 6.92 Å². The van der Waals surface area contributed by atoms with Crippen LogP contribution in [0.25, 0.3) is 0 Å². The first-order chi connectivity index (χ1) is 6.24. The van der Waals surface area contributed by atoms with E-state index in [4.69, 9.17) is 0 Å². The van der Waals surface area contributed by atoms with E-state index in [1.54, 1.807) is 17.8 Å². The lowest BCUT2D eigenvalue weighted by Gasteiger charge is -2.00. The van der Waals surface area contributed by atoms with Gasteiger partial charge in [0.15, 0.2) is 5.78 Å². The minimum absolute atomic E-state index is 0.0268. The van der Waals surface area contributed by atoms with Crippen LogP contribution in [0.3, 0.4) is 0 Å². The molecule has 2 nitrogen and oxygen atoms in total. The molecule has 1 rings (SSSR count). The lowest BCUT2D eigenvalue weighted by molar-refractivity contribution is 0.101. The fraction of sp³-hybridized carbons (Fsp3) is 0.400. The third kappa shape index (κ3) is 3.19. The predicted octanol–water partition coefficient (Wildman–Crippen LogP) is 2.79. The number of hydrogen-bond donors (Lipinski definition) is 0. The molecule has 0 aliphatic carbocycles. The van der Waals surface area contributed by atoms with E-state index in [1.807, 2.05) is 12.1 Å². The van der Waals surface area contributed by atoms with Gasteiger partial charge in [0.05, 0.1) is 5.03 Å². The number of aromatic nitrogens is 1. The molecule has 0 saturated carbocycles. The van der Waals surface area contributed by atoms with Crippen molar-refractivity contribution in [3.8, 4) is 0 Å². The van der Waals surface area contributed by atoms with E-state index >= 15 is 0 Å². The maximum atomic E-state index is 11.0. The fourth-order valence-corrected chi connectivity index (χ4v) is 1.65. The highest BCUT2D eigenvalue weighted by atomic mass is 32.2. The average molecular weight is 195 g/mol. The molecule has 0 radical (unpaired) electrons. The number of carbonyl (C=O) groups excluding carboxylic acids is 1. The van der Waals surface area contributed by atoms with Crippen LogP contribution in [0.15, 0.2) is 23.2 Å². The Balaban J connectivity index is 2.73. The van der Waals surface area contributed by atoms with Crippen LogP contribution in [0.1, 0.15) is 30.8 Å². The van der Waals surface area contributed by atoms with Gasteiger partial charge in [-0.25, -0.2) is 4.98 Å². The largest absolute Gasteiger partial charge is 0.293 e. The van der Waals surface area contributed by atoms with Gasteiger partial charge < -0.3 is 0 Å². The van der Waals surface area contributed by atoms with Crippen molar-refractivity contribution in [2.75, 3.05) is 5.75 Å². The first-order valence-electron chi connectivity index (χ1n) is 4.35. The molecule has 0 spiro atoms. The molecule has 0 fully saturated rings. The van der Waals surface area contributed by atoms with Gasteiger partial charge in [0.2, 0.25) is 0 Å². The second-order valence-electron chi connectivity index (χ2n) is 2.77. The zero-order valence-corrected chi connectivity index (χ0v) is 8.73. The van der Waals surface area contributed by atoms with Crippen LogP contribution in [-0.2, 0) is 0 Å². The van der Waals surface area contributed by atoms with Crippen LogP contribution in [0.4, 0.5) is 0 Å². The fourth-order valence-electron chi connectivity index (χ4n) is 0.898. The molecule has 0 aliphatic rings. The van der Waals surface area contributed by atoms with Crippen molar-refractivity contribution in [3.63, 3.8) is 0 Å². The van der Waals surface area contributed by atoms with Crippen LogP contribution >= 0.6 is 11.8 Å². The summed E-state index contributed by atoms with van der Waals surface area (Å²) in [6, 6.07) is 5.56. The van der Waals surface area contributed by atoms with Gasteiger partial charge in [0, 0.05) is 6.92 Å². The molecule has 0 aliphatic heterocycles. The molecule has 1 heterocycles. The molecule has 0 N–H and O–H groups in total. The van der Waals surface area contributed by atoms with Crippen molar-refractivity contribution in [2.24, 2.45) is 0 Å². The minimum atomic E-state index is 0.0268. The second kappa shape index (κ2) is 5.02. The summed E-state index contributed by atoms with van der Waals surface area (Å²) in [7, 11) is 0. The van der Waals surface area contributed by atoms with Crippen LogP contribution in [0.2, 0.25) is 0 Å². The monoisotopic (exact) mass is 195 g/mol. The van der Waals surface area contributed by atoms with E-state index in [0.29, 0.717) is 5.69 Å². The summed E-state index contributed by atoms with van der Waals surface area (Å²) in [4.78, 5) is 15.2. The van der Waals surface area contributed by atoms with Gasteiger partial charge in [0.25, 0.3) is 0 Å². The maximum absolute atomic E-state index is 11.0. The molecule has 1 aromatic rings. The molecule has 0 atom stereocenters. The number of ketones is 1.